The van der Waals surface area contributed by atoms with Crippen molar-refractivity contribution in [1.29, 1.82) is 0 Å². The molecule has 2 unspecified atom stereocenters. The molecule has 4 nitrogen and oxygen atoms in total. The molecular formula is C12H16FNO3S. The van der Waals surface area contributed by atoms with Gasteiger partial charge in [0.05, 0.1) is 5.25 Å². The van der Waals surface area contributed by atoms with Crippen LogP contribution in [0.15, 0.2) is 18.3 Å². The van der Waals surface area contributed by atoms with Crippen molar-refractivity contribution in [2.75, 3.05) is 6.26 Å². The van der Waals surface area contributed by atoms with Gasteiger partial charge in [0.1, 0.15) is 15.9 Å². The average molecular weight is 273 g/mol. The molecule has 1 aromatic rings. The number of pyridine rings is 1. The van der Waals surface area contributed by atoms with Gasteiger partial charge in [0.2, 0.25) is 0 Å². The quantitative estimate of drug-likeness (QED) is 0.790. The normalized spacial score (nSPS) is 24.8. The van der Waals surface area contributed by atoms with Gasteiger partial charge < -0.3 is 4.74 Å². The molecule has 1 aliphatic rings. The number of hydrogen-bond donors (Lipinski definition) is 0. The summed E-state index contributed by atoms with van der Waals surface area (Å²) in [5.74, 6) is -0.560. The summed E-state index contributed by atoms with van der Waals surface area (Å²) in [7, 11) is -3.05. The van der Waals surface area contributed by atoms with Crippen molar-refractivity contribution in [1.82, 2.24) is 4.98 Å². The maximum absolute atomic E-state index is 13.3. The largest absolute Gasteiger partial charge is 0.486 e. The minimum atomic E-state index is -3.05. The van der Waals surface area contributed by atoms with Crippen LogP contribution in [0.1, 0.15) is 25.7 Å². The Balaban J connectivity index is 2.05. The van der Waals surface area contributed by atoms with Gasteiger partial charge >= 0.3 is 0 Å². The molecule has 0 bridgehead atoms. The molecule has 0 radical (unpaired) electrons. The van der Waals surface area contributed by atoms with Gasteiger partial charge in [-0.3, -0.25) is 0 Å². The van der Waals surface area contributed by atoms with Crippen molar-refractivity contribution in [2.24, 2.45) is 0 Å². The SMILES string of the molecule is CS(=O)(=O)C1CCCC(Oc2cccnc2F)C1. The van der Waals surface area contributed by atoms with Crippen LogP contribution < -0.4 is 4.74 Å². The smallest absolute Gasteiger partial charge is 0.255 e. The fraction of sp³-hybridized carbons (Fsp3) is 0.583. The Kier molecular flexibility index (Phi) is 3.85. The lowest BCUT2D eigenvalue weighted by molar-refractivity contribution is 0.148. The van der Waals surface area contributed by atoms with E-state index in [1.807, 2.05) is 0 Å². The lowest BCUT2D eigenvalue weighted by atomic mass is 9.97. The van der Waals surface area contributed by atoms with Gasteiger partial charge in [0.15, 0.2) is 5.75 Å². The first kappa shape index (κ1) is 13.3. The van der Waals surface area contributed by atoms with E-state index in [-0.39, 0.29) is 17.1 Å². The van der Waals surface area contributed by atoms with Gasteiger partial charge in [-0.05, 0) is 31.4 Å². The second-order valence-corrected chi connectivity index (χ2v) is 6.98. The lowest BCUT2D eigenvalue weighted by Crippen LogP contribution is -2.33. The zero-order valence-corrected chi connectivity index (χ0v) is 11.0. The fourth-order valence-corrected chi connectivity index (χ4v) is 3.40. The summed E-state index contributed by atoms with van der Waals surface area (Å²) < 4.78 is 41.8. The van der Waals surface area contributed by atoms with E-state index in [0.29, 0.717) is 12.8 Å². The molecule has 1 saturated carbocycles. The first-order valence-corrected chi connectivity index (χ1v) is 7.88. The van der Waals surface area contributed by atoms with E-state index in [1.165, 1.54) is 18.5 Å². The Morgan fingerprint density at radius 1 is 1.44 bits per heavy atom. The van der Waals surface area contributed by atoms with Crippen LogP contribution in [-0.2, 0) is 9.84 Å². The van der Waals surface area contributed by atoms with Crippen molar-refractivity contribution < 1.29 is 17.5 Å². The van der Waals surface area contributed by atoms with Crippen LogP contribution >= 0.6 is 0 Å². The van der Waals surface area contributed by atoms with Crippen LogP contribution in [0.2, 0.25) is 0 Å². The second kappa shape index (κ2) is 5.22. The molecule has 100 valence electrons. The van der Waals surface area contributed by atoms with Gasteiger partial charge in [0.25, 0.3) is 5.95 Å². The van der Waals surface area contributed by atoms with E-state index in [0.717, 1.165) is 12.8 Å². The predicted octanol–water partition coefficient (Wildman–Crippen LogP) is 1.96. The maximum Gasteiger partial charge on any atom is 0.255 e. The Bertz CT molecular complexity index is 518. The molecule has 0 aliphatic heterocycles. The molecule has 1 aromatic heterocycles. The number of hydrogen-bond acceptors (Lipinski definition) is 4. The Labute approximate surface area is 106 Å². The highest BCUT2D eigenvalue weighted by atomic mass is 32.2. The highest BCUT2D eigenvalue weighted by molar-refractivity contribution is 7.91. The molecule has 0 spiro atoms. The monoisotopic (exact) mass is 273 g/mol. The summed E-state index contributed by atoms with van der Waals surface area (Å²) in [6.07, 6.45) is 4.95. The molecule has 0 amide bonds. The minimum Gasteiger partial charge on any atom is -0.486 e. The van der Waals surface area contributed by atoms with Crippen LogP contribution in [0.5, 0.6) is 5.75 Å². The Hall–Kier alpha value is -1.17. The third-order valence-corrected chi connectivity index (χ3v) is 4.84. The first-order chi connectivity index (χ1) is 8.47. The molecule has 2 rings (SSSR count). The summed E-state index contributed by atoms with van der Waals surface area (Å²) in [4.78, 5) is 3.50. The lowest BCUT2D eigenvalue weighted by Gasteiger charge is -2.28. The number of halogens is 1. The maximum atomic E-state index is 13.3. The van der Waals surface area contributed by atoms with Crippen LogP contribution in [0.4, 0.5) is 4.39 Å². The van der Waals surface area contributed by atoms with Gasteiger partial charge in [-0.25, -0.2) is 13.4 Å². The predicted molar refractivity (Wildman–Crippen MR) is 65.7 cm³/mol. The molecule has 0 aromatic carbocycles. The second-order valence-electron chi connectivity index (χ2n) is 4.65. The van der Waals surface area contributed by atoms with Crippen LogP contribution in [0.25, 0.3) is 0 Å². The molecule has 1 heterocycles. The van der Waals surface area contributed by atoms with Gasteiger partial charge in [-0.2, -0.15) is 4.39 Å². The highest BCUT2D eigenvalue weighted by Gasteiger charge is 2.30. The van der Waals surface area contributed by atoms with E-state index >= 15 is 0 Å². The zero-order chi connectivity index (χ0) is 13.2. The summed E-state index contributed by atoms with van der Waals surface area (Å²) >= 11 is 0. The summed E-state index contributed by atoms with van der Waals surface area (Å²) in [5.41, 5.74) is 0. The summed E-state index contributed by atoms with van der Waals surface area (Å²) in [6.45, 7) is 0. The third-order valence-electron chi connectivity index (χ3n) is 3.20. The van der Waals surface area contributed by atoms with E-state index in [1.54, 1.807) is 6.07 Å². The van der Waals surface area contributed by atoms with E-state index in [4.69, 9.17) is 4.74 Å². The molecular weight excluding hydrogens is 257 g/mol. The number of ether oxygens (including phenoxy) is 1. The van der Waals surface area contributed by atoms with E-state index < -0.39 is 15.8 Å². The van der Waals surface area contributed by atoms with Crippen molar-refractivity contribution >= 4 is 9.84 Å². The molecule has 0 saturated heterocycles. The van der Waals surface area contributed by atoms with Gasteiger partial charge in [0, 0.05) is 18.9 Å². The number of sulfone groups is 1. The van der Waals surface area contributed by atoms with E-state index in [9.17, 15) is 12.8 Å². The highest BCUT2D eigenvalue weighted by Crippen LogP contribution is 2.27. The van der Waals surface area contributed by atoms with Crippen molar-refractivity contribution in [2.45, 2.75) is 37.0 Å². The molecule has 0 N–H and O–H groups in total. The summed E-state index contributed by atoms with van der Waals surface area (Å²) in [5, 5.41) is -0.379. The number of nitrogens with zero attached hydrogens (tertiary/aromatic N) is 1. The average Bonchev–Trinajstić information content (AvgIpc) is 2.31. The topological polar surface area (TPSA) is 56.3 Å². The Morgan fingerprint density at radius 2 is 2.22 bits per heavy atom. The van der Waals surface area contributed by atoms with Crippen LogP contribution in [0, 0.1) is 5.95 Å². The van der Waals surface area contributed by atoms with Crippen LogP contribution in [-0.4, -0.2) is 31.0 Å². The molecule has 18 heavy (non-hydrogen) atoms. The van der Waals surface area contributed by atoms with Crippen LogP contribution in [0.3, 0.4) is 0 Å². The van der Waals surface area contributed by atoms with E-state index in [2.05, 4.69) is 4.98 Å². The standard InChI is InChI=1S/C12H16FNO3S/c1-18(15,16)10-5-2-4-9(8-10)17-11-6-3-7-14-12(11)13/h3,6-7,9-10H,2,4-5,8H2,1H3. The molecule has 1 aliphatic carbocycles. The van der Waals surface area contributed by atoms with Gasteiger partial charge in [-0.1, -0.05) is 0 Å². The van der Waals surface area contributed by atoms with Crippen molar-refractivity contribution in [3.05, 3.63) is 24.3 Å². The zero-order valence-electron chi connectivity index (χ0n) is 10.2. The minimum absolute atomic E-state index is 0.0941. The molecule has 2 atom stereocenters. The Morgan fingerprint density at radius 3 is 2.89 bits per heavy atom. The van der Waals surface area contributed by atoms with Gasteiger partial charge in [-0.15, -0.1) is 0 Å². The summed E-state index contributed by atoms with van der Waals surface area (Å²) in [6, 6.07) is 3.10. The number of aromatic nitrogens is 1. The number of rotatable bonds is 3. The third kappa shape index (κ3) is 3.19. The van der Waals surface area contributed by atoms with Crippen molar-refractivity contribution in [3.63, 3.8) is 0 Å². The first-order valence-electron chi connectivity index (χ1n) is 5.93. The molecule has 6 heteroatoms. The van der Waals surface area contributed by atoms with Crippen molar-refractivity contribution in [3.8, 4) is 5.75 Å². The fourth-order valence-electron chi connectivity index (χ4n) is 2.24. The molecule has 1 fully saturated rings.